The number of aromatic nitrogens is 5. The molecule has 8 nitrogen and oxygen atoms in total. The van der Waals surface area contributed by atoms with E-state index in [4.69, 9.17) is 31.0 Å². The van der Waals surface area contributed by atoms with E-state index in [0.717, 1.165) is 17.0 Å². The van der Waals surface area contributed by atoms with Crippen molar-refractivity contribution in [3.8, 4) is 17.1 Å². The highest BCUT2D eigenvalue weighted by molar-refractivity contribution is 6.30. The summed E-state index contributed by atoms with van der Waals surface area (Å²) in [5.74, 6) is 0.465. The molecule has 0 saturated carbocycles. The van der Waals surface area contributed by atoms with E-state index in [1.54, 1.807) is 25.4 Å². The number of morpholine rings is 1. The molecule has 1 saturated heterocycles. The fraction of sp³-hybridized carbons (Fsp3) is 0.292. The Morgan fingerprint density at radius 3 is 2.71 bits per heavy atom. The molecule has 0 radical (unpaired) electrons. The first-order valence-corrected chi connectivity index (χ1v) is 11.2. The zero-order chi connectivity index (χ0) is 23.8. The van der Waals surface area contributed by atoms with E-state index in [0.29, 0.717) is 59.0 Å². The molecule has 0 amide bonds. The average Bonchev–Trinajstić information content (AvgIpc) is 2.84. The van der Waals surface area contributed by atoms with Crippen LogP contribution in [0.2, 0.25) is 5.02 Å². The van der Waals surface area contributed by atoms with Crippen LogP contribution in [0.15, 0.2) is 36.5 Å². The van der Waals surface area contributed by atoms with Crippen molar-refractivity contribution in [2.75, 3.05) is 31.7 Å². The summed E-state index contributed by atoms with van der Waals surface area (Å²) in [6.45, 7) is 5.27. The van der Waals surface area contributed by atoms with Crippen molar-refractivity contribution in [3.63, 3.8) is 0 Å². The highest BCUT2D eigenvalue weighted by Crippen LogP contribution is 2.32. The predicted octanol–water partition coefficient (Wildman–Crippen LogP) is 4.48. The van der Waals surface area contributed by atoms with E-state index in [9.17, 15) is 4.39 Å². The van der Waals surface area contributed by atoms with Crippen LogP contribution < -0.4 is 9.64 Å². The lowest BCUT2D eigenvalue weighted by Crippen LogP contribution is -2.39. The summed E-state index contributed by atoms with van der Waals surface area (Å²) in [6, 6.07) is 8.24. The highest BCUT2D eigenvalue weighted by atomic mass is 35.5. The van der Waals surface area contributed by atoms with Gasteiger partial charge in [0.2, 0.25) is 11.8 Å². The van der Waals surface area contributed by atoms with Crippen LogP contribution in [0, 0.1) is 19.7 Å². The third-order valence-electron chi connectivity index (χ3n) is 5.81. The molecule has 1 atom stereocenters. The van der Waals surface area contributed by atoms with Crippen molar-refractivity contribution in [2.45, 2.75) is 20.0 Å². The predicted molar refractivity (Wildman–Crippen MR) is 127 cm³/mol. The van der Waals surface area contributed by atoms with Gasteiger partial charge >= 0.3 is 0 Å². The number of hydrogen-bond donors (Lipinski definition) is 0. The number of benzene rings is 1. The molecule has 0 bridgehead atoms. The second kappa shape index (κ2) is 9.08. The maximum atomic E-state index is 14.9. The quantitative estimate of drug-likeness (QED) is 0.422. The van der Waals surface area contributed by atoms with Crippen LogP contribution in [0.5, 0.6) is 5.88 Å². The molecule has 1 aliphatic rings. The third-order valence-corrected chi connectivity index (χ3v) is 6.04. The van der Waals surface area contributed by atoms with E-state index >= 15 is 0 Å². The van der Waals surface area contributed by atoms with Gasteiger partial charge in [-0.05, 0) is 43.7 Å². The average molecular weight is 481 g/mol. The highest BCUT2D eigenvalue weighted by Gasteiger charge is 2.26. The molecule has 0 N–H and O–H groups in total. The van der Waals surface area contributed by atoms with Crippen LogP contribution in [0.4, 0.5) is 10.3 Å². The van der Waals surface area contributed by atoms with Crippen LogP contribution in [0.1, 0.15) is 23.1 Å². The Balaban J connectivity index is 1.60. The third kappa shape index (κ3) is 4.24. The lowest BCUT2D eigenvalue weighted by molar-refractivity contribution is 0.0390. The van der Waals surface area contributed by atoms with E-state index in [-0.39, 0.29) is 6.10 Å². The Morgan fingerprint density at radius 1 is 1.09 bits per heavy atom. The first-order chi connectivity index (χ1) is 16.4. The summed E-state index contributed by atoms with van der Waals surface area (Å²) in [5, 5.41) is 0.307. The standard InChI is InChI=1S/C24H22ClFN6O2/c1-13-14(2)29-23-22(28-13)21(17-5-4-16(25)11-18(17)26)30-24(31-23)32-8-9-34-19(12-32)15-6-7-27-20(10-15)33-3/h4-7,10-11,19H,8-9,12H2,1-3H3/t19-/m1/s1. The lowest BCUT2D eigenvalue weighted by atomic mass is 10.1. The molecule has 0 unspecified atom stereocenters. The van der Waals surface area contributed by atoms with Crippen LogP contribution in [0.3, 0.4) is 0 Å². The number of methoxy groups -OCH3 is 1. The van der Waals surface area contributed by atoms with Gasteiger partial charge in [0.05, 0.1) is 31.6 Å². The number of anilines is 1. The monoisotopic (exact) mass is 480 g/mol. The van der Waals surface area contributed by atoms with E-state index in [1.165, 1.54) is 6.07 Å². The first kappa shape index (κ1) is 22.4. The zero-order valence-corrected chi connectivity index (χ0v) is 19.7. The smallest absolute Gasteiger partial charge is 0.228 e. The first-order valence-electron chi connectivity index (χ1n) is 10.8. The molecule has 4 heterocycles. The van der Waals surface area contributed by atoms with Gasteiger partial charge in [0.25, 0.3) is 0 Å². The molecule has 1 fully saturated rings. The number of aryl methyl sites for hydroxylation is 2. The molecule has 0 aliphatic carbocycles. The molecular formula is C24H22ClFN6O2. The number of halogens is 2. The fourth-order valence-corrected chi connectivity index (χ4v) is 4.04. The minimum absolute atomic E-state index is 0.230. The van der Waals surface area contributed by atoms with Gasteiger partial charge in [-0.2, -0.15) is 4.98 Å². The molecule has 0 spiro atoms. The van der Waals surface area contributed by atoms with E-state index in [1.807, 2.05) is 30.9 Å². The molecular weight excluding hydrogens is 459 g/mol. The van der Waals surface area contributed by atoms with Gasteiger partial charge in [-0.1, -0.05) is 11.6 Å². The summed E-state index contributed by atoms with van der Waals surface area (Å²) >= 11 is 5.98. The Morgan fingerprint density at radius 2 is 1.91 bits per heavy atom. The Kier molecular flexibility index (Phi) is 5.97. The Bertz CT molecular complexity index is 1390. The SMILES string of the molecule is COc1cc([C@H]2CN(c3nc(-c4ccc(Cl)cc4F)c4nc(C)c(C)nc4n3)CCO2)ccn1. The van der Waals surface area contributed by atoms with Gasteiger partial charge in [0.15, 0.2) is 5.65 Å². The van der Waals surface area contributed by atoms with Gasteiger partial charge in [-0.3, -0.25) is 0 Å². The van der Waals surface area contributed by atoms with Crippen LogP contribution >= 0.6 is 11.6 Å². The number of ether oxygens (including phenoxy) is 2. The van der Waals surface area contributed by atoms with E-state index in [2.05, 4.69) is 15.0 Å². The topological polar surface area (TPSA) is 86.2 Å². The number of hydrogen-bond acceptors (Lipinski definition) is 8. The van der Waals surface area contributed by atoms with Gasteiger partial charge in [-0.25, -0.2) is 24.3 Å². The molecule has 3 aromatic heterocycles. The molecule has 1 aromatic carbocycles. The maximum absolute atomic E-state index is 14.9. The summed E-state index contributed by atoms with van der Waals surface area (Å²) < 4.78 is 26.2. The molecule has 4 aromatic rings. The van der Waals surface area contributed by atoms with Gasteiger partial charge < -0.3 is 14.4 Å². The largest absolute Gasteiger partial charge is 0.481 e. The van der Waals surface area contributed by atoms with Crippen molar-refractivity contribution in [3.05, 3.63) is 64.3 Å². The van der Waals surface area contributed by atoms with Crippen molar-refractivity contribution >= 4 is 28.7 Å². The van der Waals surface area contributed by atoms with Crippen molar-refractivity contribution < 1.29 is 13.9 Å². The maximum Gasteiger partial charge on any atom is 0.228 e. The second-order valence-corrected chi connectivity index (χ2v) is 8.44. The summed E-state index contributed by atoms with van der Waals surface area (Å²) in [4.78, 5) is 24.9. The zero-order valence-electron chi connectivity index (χ0n) is 18.9. The van der Waals surface area contributed by atoms with Crippen LogP contribution in [0.25, 0.3) is 22.4 Å². The minimum Gasteiger partial charge on any atom is -0.481 e. The van der Waals surface area contributed by atoms with Crippen LogP contribution in [-0.2, 0) is 4.74 Å². The molecule has 1 aliphatic heterocycles. The van der Waals surface area contributed by atoms with Crippen LogP contribution in [-0.4, -0.2) is 51.7 Å². The summed E-state index contributed by atoms with van der Waals surface area (Å²) in [5.41, 5.74) is 3.94. The van der Waals surface area contributed by atoms with E-state index < -0.39 is 5.82 Å². The number of fused-ring (bicyclic) bond motifs is 1. The summed E-state index contributed by atoms with van der Waals surface area (Å²) in [6.07, 6.45) is 1.46. The van der Waals surface area contributed by atoms with Crippen molar-refractivity contribution in [1.29, 1.82) is 0 Å². The Hall–Kier alpha value is -3.43. The number of nitrogens with zero attached hydrogens (tertiary/aromatic N) is 6. The fourth-order valence-electron chi connectivity index (χ4n) is 3.88. The minimum atomic E-state index is -0.484. The number of rotatable bonds is 4. The molecule has 174 valence electrons. The summed E-state index contributed by atoms with van der Waals surface area (Å²) in [7, 11) is 1.57. The van der Waals surface area contributed by atoms with Gasteiger partial charge in [0.1, 0.15) is 23.1 Å². The van der Waals surface area contributed by atoms with Gasteiger partial charge in [-0.15, -0.1) is 0 Å². The second-order valence-electron chi connectivity index (χ2n) is 8.00. The normalized spacial score (nSPS) is 16.1. The Labute approximate surface area is 200 Å². The molecule has 34 heavy (non-hydrogen) atoms. The van der Waals surface area contributed by atoms with Crippen molar-refractivity contribution in [2.24, 2.45) is 0 Å². The number of pyridine rings is 1. The van der Waals surface area contributed by atoms with Gasteiger partial charge in [0, 0.05) is 29.4 Å². The molecule has 5 rings (SSSR count). The molecule has 10 heteroatoms. The lowest BCUT2D eigenvalue weighted by Gasteiger charge is -2.33. The van der Waals surface area contributed by atoms with Crippen molar-refractivity contribution in [1.82, 2.24) is 24.9 Å².